The van der Waals surface area contributed by atoms with Gasteiger partial charge in [-0.2, -0.15) is 0 Å². The number of aliphatic hydroxyl groups is 2. The summed E-state index contributed by atoms with van der Waals surface area (Å²) < 4.78 is 11.0. The lowest BCUT2D eigenvalue weighted by molar-refractivity contribution is -0.259. The number of hydrogen-bond acceptors (Lipinski definition) is 4. The molecular formula is C19H40O4. The molecule has 0 radical (unpaired) electrons. The topological polar surface area (TPSA) is 58.9 Å². The van der Waals surface area contributed by atoms with Crippen LogP contribution in [0.2, 0.25) is 0 Å². The molecule has 0 fully saturated rings. The quantitative estimate of drug-likeness (QED) is 0.298. The molecule has 0 saturated heterocycles. The van der Waals surface area contributed by atoms with Crippen molar-refractivity contribution >= 4 is 0 Å². The van der Waals surface area contributed by atoms with E-state index in [1.54, 1.807) is 6.92 Å². The minimum absolute atomic E-state index is 0.574. The van der Waals surface area contributed by atoms with Crippen molar-refractivity contribution < 1.29 is 19.7 Å². The highest BCUT2D eigenvalue weighted by Crippen LogP contribution is 2.13. The van der Waals surface area contributed by atoms with E-state index in [2.05, 4.69) is 13.8 Å². The molecule has 23 heavy (non-hydrogen) atoms. The zero-order valence-corrected chi connectivity index (χ0v) is 15.6. The third kappa shape index (κ3) is 15.1. The molecule has 2 N–H and O–H groups in total. The molecule has 0 aliphatic carbocycles. The van der Waals surface area contributed by atoms with E-state index in [1.165, 1.54) is 44.9 Å². The van der Waals surface area contributed by atoms with Crippen LogP contribution in [-0.4, -0.2) is 35.5 Å². The molecule has 0 amide bonds. The van der Waals surface area contributed by atoms with E-state index in [-0.39, 0.29) is 0 Å². The Balaban J connectivity index is 3.71. The Kier molecular flexibility index (Phi) is 16.6. The van der Waals surface area contributed by atoms with Gasteiger partial charge in [-0.1, -0.05) is 71.6 Å². The van der Waals surface area contributed by atoms with E-state index in [9.17, 15) is 10.2 Å². The van der Waals surface area contributed by atoms with E-state index in [0.717, 1.165) is 25.7 Å². The largest absolute Gasteiger partial charge is 0.388 e. The van der Waals surface area contributed by atoms with Gasteiger partial charge in [0.25, 0.3) is 0 Å². The lowest BCUT2D eigenvalue weighted by atomic mass is 10.1. The predicted molar refractivity (Wildman–Crippen MR) is 95.3 cm³/mol. The summed E-state index contributed by atoms with van der Waals surface area (Å²) in [4.78, 5) is 0. The van der Waals surface area contributed by atoms with Gasteiger partial charge in [0, 0.05) is 6.61 Å². The normalized spacial score (nSPS) is 15.5. The van der Waals surface area contributed by atoms with Gasteiger partial charge in [-0.05, 0) is 26.2 Å². The van der Waals surface area contributed by atoms with Crippen LogP contribution in [0.25, 0.3) is 0 Å². The Morgan fingerprint density at radius 3 is 1.83 bits per heavy atom. The summed E-state index contributed by atoms with van der Waals surface area (Å²) >= 11 is 0. The fourth-order valence-electron chi connectivity index (χ4n) is 2.52. The fraction of sp³-hybridized carbons (Fsp3) is 1.00. The van der Waals surface area contributed by atoms with Gasteiger partial charge in [0.2, 0.25) is 0 Å². The van der Waals surface area contributed by atoms with Crippen LogP contribution in [0.1, 0.15) is 97.8 Å². The summed E-state index contributed by atoms with van der Waals surface area (Å²) in [6.07, 6.45) is 11.2. The summed E-state index contributed by atoms with van der Waals surface area (Å²) in [5.74, 6) is 0. The van der Waals surface area contributed by atoms with E-state index in [0.29, 0.717) is 13.0 Å². The summed E-state index contributed by atoms with van der Waals surface area (Å²) in [6.45, 7) is 6.61. The van der Waals surface area contributed by atoms with Crippen LogP contribution in [0, 0.1) is 0 Å². The molecule has 0 heterocycles. The van der Waals surface area contributed by atoms with Crippen molar-refractivity contribution in [3.63, 3.8) is 0 Å². The first-order chi connectivity index (χ1) is 11.1. The van der Waals surface area contributed by atoms with Crippen molar-refractivity contribution in [2.24, 2.45) is 0 Å². The molecule has 0 spiro atoms. The van der Waals surface area contributed by atoms with E-state index >= 15 is 0 Å². The molecular weight excluding hydrogens is 292 g/mol. The van der Waals surface area contributed by atoms with E-state index in [4.69, 9.17) is 9.47 Å². The summed E-state index contributed by atoms with van der Waals surface area (Å²) in [7, 11) is 0. The number of hydrogen-bond donors (Lipinski definition) is 2. The number of rotatable bonds is 17. The zero-order valence-electron chi connectivity index (χ0n) is 15.6. The smallest absolute Gasteiger partial charge is 0.186 e. The van der Waals surface area contributed by atoms with Crippen LogP contribution in [-0.2, 0) is 9.47 Å². The van der Waals surface area contributed by atoms with Crippen LogP contribution in [0.4, 0.5) is 0 Å². The van der Waals surface area contributed by atoms with Crippen LogP contribution in [0.15, 0.2) is 0 Å². The van der Waals surface area contributed by atoms with Crippen molar-refractivity contribution in [3.8, 4) is 0 Å². The van der Waals surface area contributed by atoms with Gasteiger partial charge in [-0.15, -0.1) is 0 Å². The maximum absolute atomic E-state index is 9.91. The predicted octanol–water partition coefficient (Wildman–Crippen LogP) is 4.77. The first-order valence-corrected chi connectivity index (χ1v) is 9.75. The Morgan fingerprint density at radius 2 is 1.26 bits per heavy atom. The monoisotopic (exact) mass is 332 g/mol. The number of unbranched alkanes of at least 4 members (excludes halogenated alkanes) is 9. The van der Waals surface area contributed by atoms with Gasteiger partial charge < -0.3 is 19.7 Å². The lowest BCUT2D eigenvalue weighted by Crippen LogP contribution is -2.34. The highest BCUT2D eigenvalue weighted by molar-refractivity contribution is 4.56. The van der Waals surface area contributed by atoms with Gasteiger partial charge in [0.15, 0.2) is 12.6 Å². The Labute approximate surface area is 143 Å². The molecule has 0 aliphatic heterocycles. The minimum Gasteiger partial charge on any atom is -0.388 e. The summed E-state index contributed by atoms with van der Waals surface area (Å²) in [5, 5.41) is 19.6. The molecule has 0 aliphatic rings. The van der Waals surface area contributed by atoms with Crippen molar-refractivity contribution in [1.29, 1.82) is 0 Å². The zero-order chi connectivity index (χ0) is 17.3. The first kappa shape index (κ1) is 22.8. The van der Waals surface area contributed by atoms with Crippen LogP contribution in [0.3, 0.4) is 0 Å². The Bertz CT molecular complexity index is 233. The lowest BCUT2D eigenvalue weighted by Gasteiger charge is -2.24. The second kappa shape index (κ2) is 16.7. The van der Waals surface area contributed by atoms with Crippen LogP contribution >= 0.6 is 0 Å². The molecule has 4 nitrogen and oxygen atoms in total. The molecule has 0 aromatic rings. The molecule has 140 valence electrons. The molecule has 3 atom stereocenters. The van der Waals surface area contributed by atoms with Crippen LogP contribution in [0.5, 0.6) is 0 Å². The molecule has 0 saturated carbocycles. The molecule has 3 unspecified atom stereocenters. The third-order valence-electron chi connectivity index (χ3n) is 4.02. The average molecular weight is 333 g/mol. The molecule has 0 aromatic carbocycles. The van der Waals surface area contributed by atoms with Crippen molar-refractivity contribution in [2.45, 2.75) is 117 Å². The minimum atomic E-state index is -0.846. The second-order valence-corrected chi connectivity index (χ2v) is 6.54. The SMILES string of the molecule is CCCCCCCCOC(OC(O)CCCCCCC)C(C)O. The average Bonchev–Trinajstić information content (AvgIpc) is 2.52. The molecule has 0 aromatic heterocycles. The van der Waals surface area contributed by atoms with Crippen molar-refractivity contribution in [2.75, 3.05) is 6.61 Å². The Morgan fingerprint density at radius 1 is 0.739 bits per heavy atom. The van der Waals surface area contributed by atoms with Gasteiger partial charge in [-0.25, -0.2) is 0 Å². The fourth-order valence-corrected chi connectivity index (χ4v) is 2.52. The number of aliphatic hydroxyl groups excluding tert-OH is 2. The van der Waals surface area contributed by atoms with Crippen LogP contribution < -0.4 is 0 Å². The van der Waals surface area contributed by atoms with Crippen molar-refractivity contribution in [3.05, 3.63) is 0 Å². The van der Waals surface area contributed by atoms with Gasteiger partial charge in [-0.3, -0.25) is 0 Å². The third-order valence-corrected chi connectivity index (χ3v) is 4.02. The van der Waals surface area contributed by atoms with E-state index in [1.807, 2.05) is 0 Å². The highest BCUT2D eigenvalue weighted by Gasteiger charge is 2.19. The maximum atomic E-state index is 9.91. The first-order valence-electron chi connectivity index (χ1n) is 9.75. The molecule has 0 bridgehead atoms. The Hall–Kier alpha value is -0.160. The van der Waals surface area contributed by atoms with Gasteiger partial charge in [0.1, 0.15) is 6.10 Å². The van der Waals surface area contributed by atoms with Gasteiger partial charge in [0.05, 0.1) is 0 Å². The summed E-state index contributed by atoms with van der Waals surface area (Å²) in [5.41, 5.74) is 0. The van der Waals surface area contributed by atoms with Gasteiger partial charge >= 0.3 is 0 Å². The van der Waals surface area contributed by atoms with E-state index < -0.39 is 18.7 Å². The second-order valence-electron chi connectivity index (χ2n) is 6.54. The standard InChI is InChI=1S/C19H40O4/c1-4-6-8-10-12-14-16-22-19(17(3)20)23-18(21)15-13-11-9-7-5-2/h17-21H,4-16H2,1-3H3. The highest BCUT2D eigenvalue weighted by atomic mass is 16.7. The maximum Gasteiger partial charge on any atom is 0.186 e. The van der Waals surface area contributed by atoms with Crippen molar-refractivity contribution in [1.82, 2.24) is 0 Å². The number of ether oxygens (including phenoxy) is 2. The molecule has 0 rings (SSSR count). The molecule has 4 heteroatoms. The summed E-state index contributed by atoms with van der Waals surface area (Å²) in [6, 6.07) is 0.